The first-order valence-corrected chi connectivity index (χ1v) is 22.7. The van der Waals surface area contributed by atoms with Gasteiger partial charge in [-0.3, -0.25) is 9.59 Å². The Kier molecular flexibility index (Phi) is 21.5. The molecule has 6 N–H and O–H groups in total. The number of carboxylic acids is 1. The Hall–Kier alpha value is -4.59. The fourth-order valence-electron chi connectivity index (χ4n) is 8.50. The molecule has 1 aromatic rings. The van der Waals surface area contributed by atoms with E-state index in [0.717, 1.165) is 11.6 Å². The molecule has 4 rings (SSSR count). The number of carbonyl (C=O) groups excluding carboxylic acids is 2. The molecule has 0 radical (unpaired) electrons. The third-order valence-electron chi connectivity index (χ3n) is 12.5. The third kappa shape index (κ3) is 15.2. The summed E-state index contributed by atoms with van der Waals surface area (Å²) in [5.74, 6) is -6.95. The zero-order valence-corrected chi connectivity index (χ0v) is 39.8. The Morgan fingerprint density at radius 1 is 0.955 bits per heavy atom. The zero-order chi connectivity index (χ0) is 49.3. The average Bonchev–Trinajstić information content (AvgIpc) is 3.66. The number of ether oxygens (including phenoxy) is 7. The van der Waals surface area contributed by atoms with Crippen molar-refractivity contribution in [2.24, 2.45) is 17.3 Å². The second-order valence-corrected chi connectivity index (χ2v) is 17.7. The van der Waals surface area contributed by atoms with Crippen LogP contribution in [0.15, 0.2) is 115 Å². The van der Waals surface area contributed by atoms with Gasteiger partial charge in [-0.15, -0.1) is 0 Å². The molecule has 14 unspecified atom stereocenters. The van der Waals surface area contributed by atoms with E-state index >= 15 is 0 Å². The highest BCUT2D eigenvalue weighted by atomic mass is 16.7. The van der Waals surface area contributed by atoms with Gasteiger partial charge in [0.25, 0.3) is 0 Å². The highest BCUT2D eigenvalue weighted by Gasteiger charge is 2.63. The fourth-order valence-corrected chi connectivity index (χ4v) is 8.50. The number of benzene rings is 1. The van der Waals surface area contributed by atoms with Gasteiger partial charge in [-0.2, -0.15) is 0 Å². The summed E-state index contributed by atoms with van der Waals surface area (Å²) in [7, 11) is 3.04. The van der Waals surface area contributed by atoms with Gasteiger partial charge >= 0.3 is 11.9 Å². The number of aliphatic hydroxyl groups is 4. The van der Waals surface area contributed by atoms with Crippen LogP contribution in [0, 0.1) is 17.3 Å². The van der Waals surface area contributed by atoms with Gasteiger partial charge in [0.05, 0.1) is 49.7 Å². The normalized spacial score (nSPS) is 31.9. The quantitative estimate of drug-likeness (QED) is 0.0537. The van der Waals surface area contributed by atoms with Crippen molar-refractivity contribution in [3.63, 3.8) is 0 Å². The molecule has 67 heavy (non-hydrogen) atoms. The van der Waals surface area contributed by atoms with Crippen LogP contribution >= 0.6 is 0 Å². The lowest BCUT2D eigenvalue weighted by atomic mass is 9.71. The lowest BCUT2D eigenvalue weighted by Crippen LogP contribution is -2.70. The highest BCUT2D eigenvalue weighted by molar-refractivity contribution is 5.80. The number of nitrogens with one attached hydrogen (secondary N) is 1. The van der Waals surface area contributed by atoms with E-state index in [0.29, 0.717) is 12.0 Å². The Morgan fingerprint density at radius 2 is 1.66 bits per heavy atom. The van der Waals surface area contributed by atoms with Crippen molar-refractivity contribution in [1.82, 2.24) is 5.32 Å². The van der Waals surface area contributed by atoms with E-state index in [2.05, 4.69) is 5.32 Å². The minimum atomic E-state index is -2.69. The van der Waals surface area contributed by atoms with E-state index in [1.54, 1.807) is 113 Å². The predicted molar refractivity (Wildman–Crippen MR) is 249 cm³/mol. The number of aliphatic carboxylic acids is 1. The Morgan fingerprint density at radius 3 is 2.33 bits per heavy atom. The second-order valence-electron chi connectivity index (χ2n) is 17.7. The number of carbonyl (C=O) groups is 3. The van der Waals surface area contributed by atoms with Gasteiger partial charge in [-0.25, -0.2) is 4.79 Å². The molecule has 0 aromatic heterocycles. The van der Waals surface area contributed by atoms with E-state index < -0.39 is 103 Å². The molecule has 3 aliphatic heterocycles. The van der Waals surface area contributed by atoms with E-state index in [9.17, 15) is 34.8 Å². The number of hydrogen-bond donors (Lipinski definition) is 6. The van der Waals surface area contributed by atoms with Gasteiger partial charge in [0, 0.05) is 51.0 Å². The minimum absolute atomic E-state index is 0.0285. The van der Waals surface area contributed by atoms with Crippen molar-refractivity contribution >= 4 is 17.8 Å². The predicted octanol–water partition coefficient (Wildman–Crippen LogP) is 4.43. The molecule has 3 fully saturated rings. The molecule has 3 saturated heterocycles. The third-order valence-corrected chi connectivity index (χ3v) is 12.5. The van der Waals surface area contributed by atoms with Gasteiger partial charge in [0.1, 0.15) is 30.3 Å². The maximum Gasteiger partial charge on any atom is 0.328 e. The molecule has 0 bridgehead atoms. The fraction of sp³-hybridized carbons (Fsp3) is 0.549. The molecule has 0 aliphatic carbocycles. The number of hydrogen-bond acceptors (Lipinski definition) is 14. The molecule has 3 aliphatic rings. The SMILES string of the molecule is CC=CC=CC1OC(O)(C(COC2CC(OC)OC(C)C2O)C(=O)NCC=CC=C(C)C(OC)C(C)C2CC(O)C(C=CC=CC=CC(=O)O)O2)C(O)C(OC(=O)Cc2ccccc2)C1(C)C. The van der Waals surface area contributed by atoms with Crippen LogP contribution in [0.4, 0.5) is 0 Å². The minimum Gasteiger partial charge on any atom is -0.478 e. The molecule has 0 spiro atoms. The van der Waals surface area contributed by atoms with E-state index in [-0.39, 0.29) is 31.4 Å². The molecule has 14 atom stereocenters. The first kappa shape index (κ1) is 55.0. The molecule has 3 heterocycles. The van der Waals surface area contributed by atoms with Crippen LogP contribution < -0.4 is 5.32 Å². The Labute approximate surface area is 394 Å². The van der Waals surface area contributed by atoms with Gasteiger partial charge in [-0.1, -0.05) is 124 Å². The lowest BCUT2D eigenvalue weighted by molar-refractivity contribution is -0.364. The summed E-state index contributed by atoms with van der Waals surface area (Å²) in [4.78, 5) is 38.5. The van der Waals surface area contributed by atoms with Crippen molar-refractivity contribution in [1.29, 1.82) is 0 Å². The maximum absolute atomic E-state index is 14.4. The summed E-state index contributed by atoms with van der Waals surface area (Å²) in [6.07, 6.45) is 11.8. The van der Waals surface area contributed by atoms with Gasteiger partial charge in [-0.05, 0) is 31.9 Å². The summed E-state index contributed by atoms with van der Waals surface area (Å²) >= 11 is 0. The Balaban J connectivity index is 1.55. The summed E-state index contributed by atoms with van der Waals surface area (Å²) in [5.41, 5.74) is 0.402. The van der Waals surface area contributed by atoms with Crippen LogP contribution in [0.3, 0.4) is 0 Å². The zero-order valence-electron chi connectivity index (χ0n) is 39.8. The number of aliphatic hydroxyl groups excluding tert-OH is 3. The van der Waals surface area contributed by atoms with E-state index in [1.807, 2.05) is 32.9 Å². The molecular weight excluding hydrogens is 867 g/mol. The van der Waals surface area contributed by atoms with Crippen molar-refractivity contribution < 1.29 is 73.1 Å². The van der Waals surface area contributed by atoms with Crippen molar-refractivity contribution in [3.8, 4) is 0 Å². The summed E-state index contributed by atoms with van der Waals surface area (Å²) in [6, 6.07) is 8.94. The number of amides is 1. The molecule has 1 amide bonds. The summed E-state index contributed by atoms with van der Waals surface area (Å²) in [5, 5.41) is 58.0. The number of esters is 1. The summed E-state index contributed by atoms with van der Waals surface area (Å²) < 4.78 is 41.7. The van der Waals surface area contributed by atoms with E-state index in [4.69, 9.17) is 38.3 Å². The topological polar surface area (TPSA) is 229 Å². The monoisotopic (exact) mass is 937 g/mol. The van der Waals surface area contributed by atoms with Crippen molar-refractivity contribution in [2.45, 2.75) is 134 Å². The molecule has 0 saturated carbocycles. The number of allylic oxidation sites excluding steroid dienone is 9. The summed E-state index contributed by atoms with van der Waals surface area (Å²) in [6.45, 7) is 10.2. The van der Waals surface area contributed by atoms with Crippen molar-refractivity contribution in [3.05, 3.63) is 120 Å². The van der Waals surface area contributed by atoms with Crippen LogP contribution in [-0.2, 0) is 54.0 Å². The Bertz CT molecular complexity index is 1960. The van der Waals surface area contributed by atoms with Crippen LogP contribution in [0.25, 0.3) is 0 Å². The van der Waals surface area contributed by atoms with Crippen LogP contribution in [0.1, 0.15) is 59.9 Å². The number of carboxylic acid groups (broad SMARTS) is 1. The standard InChI is InChI=1S/C51H71NO15/c1-9-10-14-25-41-50(5,6)48(66-43(56)28-35-22-15-13-16-23-35)47(58)51(60,67-41)36(31-63-40-30-44(61-7)64-34(4)45(40)57)49(59)52-27-20-19-21-32(2)46(62-8)33(3)39-29-37(53)38(65-39)24-17-11-12-18-26-42(54)55/h9-26,33-34,36-41,44-48,53,57-58,60H,27-31H2,1-8H3,(H,52,59)(H,54,55). The largest absolute Gasteiger partial charge is 0.478 e. The van der Waals surface area contributed by atoms with Crippen LogP contribution in [0.5, 0.6) is 0 Å². The molecule has 370 valence electrons. The molecule has 16 nitrogen and oxygen atoms in total. The maximum atomic E-state index is 14.4. The molecule has 1 aromatic carbocycles. The van der Waals surface area contributed by atoms with Crippen LogP contribution in [0.2, 0.25) is 0 Å². The second kappa shape index (κ2) is 26.2. The smallest absolute Gasteiger partial charge is 0.328 e. The van der Waals surface area contributed by atoms with Gasteiger partial charge < -0.3 is 64.0 Å². The van der Waals surface area contributed by atoms with E-state index in [1.165, 1.54) is 13.2 Å². The lowest BCUT2D eigenvalue weighted by Gasteiger charge is -2.54. The molecule has 16 heteroatoms. The highest BCUT2D eigenvalue weighted by Crippen LogP contribution is 2.46. The number of rotatable bonds is 22. The first-order valence-electron chi connectivity index (χ1n) is 22.7. The van der Waals surface area contributed by atoms with Crippen molar-refractivity contribution in [2.75, 3.05) is 27.4 Å². The average molecular weight is 938 g/mol. The van der Waals surface area contributed by atoms with Gasteiger partial charge in [0.15, 0.2) is 6.29 Å². The van der Waals surface area contributed by atoms with Crippen LogP contribution in [-0.4, -0.2) is 144 Å². The molecular formula is C51H71NO15. The van der Waals surface area contributed by atoms with Gasteiger partial charge in [0.2, 0.25) is 11.7 Å². The number of methoxy groups -OCH3 is 2. The first-order chi connectivity index (χ1) is 31.9.